The minimum atomic E-state index is -2.64. The fourth-order valence-electron chi connectivity index (χ4n) is 4.17. The molecule has 2 atom stereocenters. The van der Waals surface area contributed by atoms with Crippen LogP contribution in [0.25, 0.3) is 0 Å². The Bertz CT molecular complexity index is 837. The molecule has 2 aromatic carbocycles. The van der Waals surface area contributed by atoms with Gasteiger partial charge in [-0.15, -0.1) is 0 Å². The van der Waals surface area contributed by atoms with Gasteiger partial charge >= 0.3 is 0 Å². The standard InChI is InChI=1S/C24H31NO3SSi/c1-23(2,3)30(19-12-8-6-9-13-19,20-14-10-7-11-15-20)27-17-22-21(25-18-29)16-26-24(4,5)28-22/h6-15,21-22H,16-17H2,1-5H3/t21-,22+/m1/s1. The Balaban J connectivity index is 2.04. The van der Waals surface area contributed by atoms with Crippen LogP contribution in [0.3, 0.4) is 0 Å². The molecule has 0 aliphatic carbocycles. The monoisotopic (exact) mass is 441 g/mol. The number of aliphatic imine (C=N–C) groups is 1. The van der Waals surface area contributed by atoms with Gasteiger partial charge in [-0.05, 0) is 41.5 Å². The van der Waals surface area contributed by atoms with Crippen LogP contribution < -0.4 is 10.4 Å². The summed E-state index contributed by atoms with van der Waals surface area (Å²) >= 11 is 4.85. The average Bonchev–Trinajstić information content (AvgIpc) is 2.71. The predicted octanol–water partition coefficient (Wildman–Crippen LogP) is 4.19. The van der Waals surface area contributed by atoms with Crippen molar-refractivity contribution in [2.24, 2.45) is 4.99 Å². The van der Waals surface area contributed by atoms with Gasteiger partial charge in [0.25, 0.3) is 8.32 Å². The zero-order valence-corrected chi connectivity index (χ0v) is 20.2. The van der Waals surface area contributed by atoms with Crippen LogP contribution in [0.15, 0.2) is 65.7 Å². The molecule has 1 aliphatic rings. The molecule has 0 aromatic heterocycles. The first-order chi connectivity index (χ1) is 14.2. The summed E-state index contributed by atoms with van der Waals surface area (Å²) in [5.41, 5.74) is 0. The molecule has 3 rings (SSSR count). The van der Waals surface area contributed by atoms with Crippen molar-refractivity contribution >= 4 is 36.1 Å². The first kappa shape index (κ1) is 23.0. The van der Waals surface area contributed by atoms with Crippen LogP contribution in [-0.2, 0) is 13.9 Å². The molecule has 0 bridgehead atoms. The quantitative estimate of drug-likeness (QED) is 0.383. The van der Waals surface area contributed by atoms with Crippen LogP contribution >= 0.6 is 12.2 Å². The third-order valence-electron chi connectivity index (χ3n) is 5.57. The number of benzene rings is 2. The van der Waals surface area contributed by atoms with Gasteiger partial charge in [-0.1, -0.05) is 81.4 Å². The van der Waals surface area contributed by atoms with Crippen molar-refractivity contribution in [3.63, 3.8) is 0 Å². The van der Waals surface area contributed by atoms with Gasteiger partial charge in [0.15, 0.2) is 5.79 Å². The Morgan fingerprint density at radius 2 is 1.60 bits per heavy atom. The van der Waals surface area contributed by atoms with Crippen LogP contribution in [0.5, 0.6) is 0 Å². The molecule has 1 saturated heterocycles. The largest absolute Gasteiger partial charge is 0.405 e. The van der Waals surface area contributed by atoms with Crippen LogP contribution in [0.4, 0.5) is 0 Å². The van der Waals surface area contributed by atoms with Gasteiger partial charge in [0.05, 0.1) is 18.4 Å². The molecule has 0 saturated carbocycles. The number of isothiocyanates is 1. The summed E-state index contributed by atoms with van der Waals surface area (Å²) in [5, 5.41) is 4.87. The molecule has 1 fully saturated rings. The van der Waals surface area contributed by atoms with Crippen LogP contribution in [0.1, 0.15) is 34.6 Å². The fourth-order valence-corrected chi connectivity index (χ4v) is 8.88. The number of nitrogens with zero attached hydrogens (tertiary/aromatic N) is 1. The average molecular weight is 442 g/mol. The van der Waals surface area contributed by atoms with Gasteiger partial charge in [-0.3, -0.25) is 0 Å². The lowest BCUT2D eigenvalue weighted by Crippen LogP contribution is -2.67. The third kappa shape index (κ3) is 4.80. The summed E-state index contributed by atoms with van der Waals surface area (Å²) in [6.07, 6.45) is -0.258. The van der Waals surface area contributed by atoms with E-state index in [9.17, 15) is 0 Å². The normalized spacial score (nSPS) is 21.6. The zero-order chi connectivity index (χ0) is 21.8. The summed E-state index contributed by atoms with van der Waals surface area (Å²) in [5.74, 6) is -0.688. The van der Waals surface area contributed by atoms with E-state index in [4.69, 9.17) is 26.1 Å². The first-order valence-corrected chi connectivity index (χ1v) is 12.6. The molecule has 0 N–H and O–H groups in total. The maximum Gasteiger partial charge on any atom is 0.261 e. The number of thiocarbonyl (C=S) groups is 1. The summed E-state index contributed by atoms with van der Waals surface area (Å²) < 4.78 is 19.0. The lowest BCUT2D eigenvalue weighted by Gasteiger charge is -2.45. The van der Waals surface area contributed by atoms with E-state index in [-0.39, 0.29) is 17.2 Å². The molecule has 0 radical (unpaired) electrons. The van der Waals surface area contributed by atoms with Crippen molar-refractivity contribution < 1.29 is 13.9 Å². The van der Waals surface area contributed by atoms with Gasteiger partial charge < -0.3 is 13.9 Å². The smallest absolute Gasteiger partial charge is 0.261 e. The first-order valence-electron chi connectivity index (χ1n) is 10.3. The predicted molar refractivity (Wildman–Crippen MR) is 127 cm³/mol. The summed E-state index contributed by atoms with van der Waals surface area (Å²) in [4.78, 5) is 4.29. The van der Waals surface area contributed by atoms with Crippen LogP contribution in [0.2, 0.25) is 5.04 Å². The SMILES string of the molecule is CC1(C)OC[C@@H](N=C=S)[C@H](CO[Si](c2ccccc2)(c2ccccc2)C(C)(C)C)O1. The third-order valence-corrected chi connectivity index (χ3v) is 10.7. The highest BCUT2D eigenvalue weighted by Gasteiger charge is 2.51. The second-order valence-electron chi connectivity index (χ2n) is 9.13. The Labute approximate surface area is 186 Å². The van der Waals surface area contributed by atoms with Gasteiger partial charge in [0.2, 0.25) is 0 Å². The second-order valence-corrected chi connectivity index (χ2v) is 13.6. The summed E-state index contributed by atoms with van der Waals surface area (Å²) in [6, 6.07) is 21.0. The van der Waals surface area contributed by atoms with Crippen molar-refractivity contribution in [2.75, 3.05) is 13.2 Å². The number of rotatable bonds is 6. The zero-order valence-electron chi connectivity index (χ0n) is 18.4. The Morgan fingerprint density at radius 1 is 1.07 bits per heavy atom. The van der Waals surface area contributed by atoms with Crippen LogP contribution in [-0.4, -0.2) is 44.6 Å². The number of ether oxygens (including phenoxy) is 2. The lowest BCUT2D eigenvalue weighted by molar-refractivity contribution is -0.282. The molecule has 2 aromatic rings. The fraction of sp³-hybridized carbons (Fsp3) is 0.458. The molecule has 1 heterocycles. The Morgan fingerprint density at radius 3 is 2.07 bits per heavy atom. The van der Waals surface area contributed by atoms with E-state index in [1.54, 1.807) is 0 Å². The molecule has 6 heteroatoms. The van der Waals surface area contributed by atoms with E-state index in [0.717, 1.165) is 0 Å². The van der Waals surface area contributed by atoms with E-state index in [1.807, 2.05) is 26.0 Å². The van der Waals surface area contributed by atoms with Crippen molar-refractivity contribution in [1.82, 2.24) is 0 Å². The van der Waals surface area contributed by atoms with Crippen LogP contribution in [0, 0.1) is 0 Å². The van der Waals surface area contributed by atoms with Crippen molar-refractivity contribution in [1.29, 1.82) is 0 Å². The molecule has 160 valence electrons. The van der Waals surface area contributed by atoms with Gasteiger partial charge in [0, 0.05) is 0 Å². The molecular formula is C24H31NO3SSi. The maximum atomic E-state index is 7.01. The summed E-state index contributed by atoms with van der Waals surface area (Å²) in [7, 11) is -2.64. The molecule has 0 amide bonds. The number of hydrogen-bond donors (Lipinski definition) is 0. The van der Waals surface area contributed by atoms with E-state index in [2.05, 4.69) is 79.5 Å². The van der Waals surface area contributed by atoms with Crippen molar-refractivity contribution in [3.8, 4) is 0 Å². The van der Waals surface area contributed by atoms with Gasteiger partial charge in [-0.2, -0.15) is 0 Å². The maximum absolute atomic E-state index is 7.01. The molecule has 4 nitrogen and oxygen atoms in total. The minimum absolute atomic E-state index is 0.0979. The van der Waals surface area contributed by atoms with E-state index >= 15 is 0 Å². The van der Waals surface area contributed by atoms with E-state index in [1.165, 1.54) is 10.4 Å². The van der Waals surface area contributed by atoms with Crippen molar-refractivity contribution in [3.05, 3.63) is 60.7 Å². The molecule has 0 unspecified atom stereocenters. The minimum Gasteiger partial charge on any atom is -0.405 e. The molecule has 0 spiro atoms. The molecule has 30 heavy (non-hydrogen) atoms. The lowest BCUT2D eigenvalue weighted by atomic mass is 10.1. The topological polar surface area (TPSA) is 40.0 Å². The highest BCUT2D eigenvalue weighted by Crippen LogP contribution is 2.37. The molecular weight excluding hydrogens is 410 g/mol. The Kier molecular flexibility index (Phi) is 7.08. The highest BCUT2D eigenvalue weighted by molar-refractivity contribution is 7.78. The Hall–Kier alpha value is -1.66. The number of hydrogen-bond acceptors (Lipinski definition) is 5. The van der Waals surface area contributed by atoms with E-state index < -0.39 is 14.1 Å². The second kappa shape index (κ2) is 9.23. The van der Waals surface area contributed by atoms with Gasteiger partial charge in [0.1, 0.15) is 12.1 Å². The highest BCUT2D eigenvalue weighted by atomic mass is 32.1. The summed E-state index contributed by atoms with van der Waals surface area (Å²) in [6.45, 7) is 11.5. The van der Waals surface area contributed by atoms with Crippen molar-refractivity contribution in [2.45, 2.75) is 57.6 Å². The van der Waals surface area contributed by atoms with Gasteiger partial charge in [-0.25, -0.2) is 4.99 Å². The van der Waals surface area contributed by atoms with E-state index in [0.29, 0.717) is 13.2 Å². The molecule has 1 aliphatic heterocycles.